The topological polar surface area (TPSA) is 55.4 Å². The van der Waals surface area contributed by atoms with Gasteiger partial charge in [0.25, 0.3) is 0 Å². The second-order valence-corrected chi connectivity index (χ2v) is 7.64. The van der Waals surface area contributed by atoms with Gasteiger partial charge in [-0.25, -0.2) is 8.42 Å². The number of benzene rings is 1. The van der Waals surface area contributed by atoms with Gasteiger partial charge in [0.1, 0.15) is 0 Å². The van der Waals surface area contributed by atoms with Gasteiger partial charge in [0.05, 0.1) is 10.1 Å². The highest BCUT2D eigenvalue weighted by Gasteiger charge is 2.22. The summed E-state index contributed by atoms with van der Waals surface area (Å²) in [5.74, 6) is 0. The third kappa shape index (κ3) is 5.22. The summed E-state index contributed by atoms with van der Waals surface area (Å²) in [6.07, 6.45) is 0.877. The number of sulfone groups is 1. The largest absolute Gasteiger partial charge is 0.385 e. The number of hydrogen-bond acceptors (Lipinski definition) is 4. The fraction of sp³-hybridized carbons (Fsp3) is 0.538. The van der Waals surface area contributed by atoms with Crippen LogP contribution in [0.1, 0.15) is 13.3 Å². The first-order chi connectivity index (χ1) is 8.98. The smallest absolute Gasteiger partial charge is 0.182 e. The molecule has 1 rings (SSSR count). The molecule has 0 aliphatic heterocycles. The first-order valence-corrected chi connectivity index (χ1v) is 8.51. The van der Waals surface area contributed by atoms with E-state index in [4.69, 9.17) is 4.74 Å². The van der Waals surface area contributed by atoms with Gasteiger partial charge in [-0.2, -0.15) is 0 Å². The summed E-state index contributed by atoms with van der Waals surface area (Å²) >= 11 is 3.30. The number of ether oxygens (including phenoxy) is 1. The van der Waals surface area contributed by atoms with E-state index in [0.29, 0.717) is 18.0 Å². The Morgan fingerprint density at radius 1 is 1.32 bits per heavy atom. The van der Waals surface area contributed by atoms with Crippen LogP contribution in [0.4, 0.5) is 0 Å². The Morgan fingerprint density at radius 2 is 1.95 bits per heavy atom. The molecule has 0 saturated carbocycles. The zero-order valence-corrected chi connectivity index (χ0v) is 13.6. The van der Waals surface area contributed by atoms with E-state index >= 15 is 0 Å². The van der Waals surface area contributed by atoms with Crippen molar-refractivity contribution < 1.29 is 13.2 Å². The molecule has 0 fully saturated rings. The van der Waals surface area contributed by atoms with Gasteiger partial charge < -0.3 is 10.1 Å². The molecular formula is C13H20BrNO3S. The van der Waals surface area contributed by atoms with E-state index in [1.54, 1.807) is 38.3 Å². The Balaban J connectivity index is 2.54. The van der Waals surface area contributed by atoms with Gasteiger partial charge in [0.2, 0.25) is 0 Å². The van der Waals surface area contributed by atoms with Crippen molar-refractivity contribution in [2.45, 2.75) is 23.5 Å². The third-order valence-corrected chi connectivity index (χ3v) is 5.49. The summed E-state index contributed by atoms with van der Waals surface area (Å²) in [6, 6.07) is 6.74. The van der Waals surface area contributed by atoms with E-state index in [1.807, 2.05) is 0 Å². The lowest BCUT2D eigenvalue weighted by atomic mass is 10.4. The molecule has 1 atom stereocenters. The molecule has 1 N–H and O–H groups in total. The number of nitrogens with one attached hydrogen (secondary N) is 1. The van der Waals surface area contributed by atoms with Crippen LogP contribution in [0, 0.1) is 0 Å². The number of rotatable bonds is 8. The molecule has 6 heteroatoms. The van der Waals surface area contributed by atoms with Crippen LogP contribution in [0.15, 0.2) is 33.6 Å². The van der Waals surface area contributed by atoms with Gasteiger partial charge in [-0.05, 0) is 44.2 Å². The van der Waals surface area contributed by atoms with Gasteiger partial charge in [0.15, 0.2) is 9.84 Å². The van der Waals surface area contributed by atoms with Crippen molar-refractivity contribution in [3.8, 4) is 0 Å². The fourth-order valence-corrected chi connectivity index (χ4v) is 3.19. The van der Waals surface area contributed by atoms with Crippen LogP contribution < -0.4 is 5.32 Å². The molecule has 0 aliphatic rings. The maximum atomic E-state index is 12.3. The lowest BCUT2D eigenvalue weighted by Gasteiger charge is -2.14. The summed E-state index contributed by atoms with van der Waals surface area (Å²) in [5, 5.41) is 2.69. The highest BCUT2D eigenvalue weighted by Crippen LogP contribution is 2.18. The molecule has 0 heterocycles. The molecule has 108 valence electrons. The predicted molar refractivity (Wildman–Crippen MR) is 80.2 cm³/mol. The quantitative estimate of drug-likeness (QED) is 0.731. The molecule has 0 aromatic heterocycles. The molecule has 4 nitrogen and oxygen atoms in total. The van der Waals surface area contributed by atoms with Crippen molar-refractivity contribution in [2.24, 2.45) is 0 Å². The van der Waals surface area contributed by atoms with Gasteiger partial charge in [-0.1, -0.05) is 15.9 Å². The molecule has 19 heavy (non-hydrogen) atoms. The summed E-state index contributed by atoms with van der Waals surface area (Å²) in [6.45, 7) is 3.61. The molecule has 0 radical (unpaired) electrons. The van der Waals surface area contributed by atoms with E-state index in [9.17, 15) is 8.42 Å². The van der Waals surface area contributed by atoms with Crippen molar-refractivity contribution >= 4 is 25.8 Å². The SMILES string of the molecule is COCCCNCC(C)S(=O)(=O)c1ccc(Br)cc1. The third-order valence-electron chi connectivity index (χ3n) is 2.81. The molecule has 0 spiro atoms. The first kappa shape index (κ1) is 16.6. The summed E-state index contributed by atoms with van der Waals surface area (Å²) in [7, 11) is -1.61. The zero-order valence-electron chi connectivity index (χ0n) is 11.2. The summed E-state index contributed by atoms with van der Waals surface area (Å²) in [4.78, 5) is 0.363. The second kappa shape index (κ2) is 7.99. The Labute approximate surface area is 123 Å². The van der Waals surface area contributed by atoms with Gasteiger partial charge in [-0.15, -0.1) is 0 Å². The molecule has 1 aromatic carbocycles. The van der Waals surface area contributed by atoms with Crippen LogP contribution in [0.2, 0.25) is 0 Å². The van der Waals surface area contributed by atoms with Crippen LogP contribution in [-0.2, 0) is 14.6 Å². The van der Waals surface area contributed by atoms with Crippen molar-refractivity contribution in [1.29, 1.82) is 0 Å². The normalized spacial score (nSPS) is 13.4. The maximum absolute atomic E-state index is 12.3. The summed E-state index contributed by atoms with van der Waals surface area (Å²) < 4.78 is 30.4. The summed E-state index contributed by atoms with van der Waals surface area (Å²) in [5.41, 5.74) is 0. The Kier molecular flexibility index (Phi) is 6.99. The maximum Gasteiger partial charge on any atom is 0.182 e. The second-order valence-electron chi connectivity index (χ2n) is 4.36. The van der Waals surface area contributed by atoms with Gasteiger partial charge in [-0.3, -0.25) is 0 Å². The average Bonchev–Trinajstić information content (AvgIpc) is 2.38. The van der Waals surface area contributed by atoms with Crippen LogP contribution in [0.3, 0.4) is 0 Å². The Morgan fingerprint density at radius 3 is 2.53 bits per heavy atom. The van der Waals surface area contributed by atoms with Crippen molar-refractivity contribution in [1.82, 2.24) is 5.32 Å². The predicted octanol–water partition coefficient (Wildman–Crippen LogP) is 2.24. The number of halogens is 1. The lowest BCUT2D eigenvalue weighted by Crippen LogP contribution is -2.32. The molecular weight excluding hydrogens is 330 g/mol. The van der Waals surface area contributed by atoms with E-state index in [1.165, 1.54) is 0 Å². The van der Waals surface area contributed by atoms with Crippen molar-refractivity contribution in [3.63, 3.8) is 0 Å². The van der Waals surface area contributed by atoms with Crippen molar-refractivity contribution in [3.05, 3.63) is 28.7 Å². The van der Waals surface area contributed by atoms with Crippen LogP contribution in [0.25, 0.3) is 0 Å². The van der Waals surface area contributed by atoms with E-state index in [0.717, 1.165) is 17.4 Å². The monoisotopic (exact) mass is 349 g/mol. The molecule has 0 bridgehead atoms. The minimum absolute atomic E-state index is 0.363. The standard InChI is InChI=1S/C13H20BrNO3S/c1-11(10-15-8-3-9-18-2)19(16,17)13-6-4-12(14)5-7-13/h4-7,11,15H,3,8-10H2,1-2H3. The van der Waals surface area contributed by atoms with E-state index in [2.05, 4.69) is 21.2 Å². The Bertz CT molecular complexity index is 473. The molecule has 0 amide bonds. The number of hydrogen-bond donors (Lipinski definition) is 1. The van der Waals surface area contributed by atoms with Crippen molar-refractivity contribution in [2.75, 3.05) is 26.8 Å². The minimum atomic E-state index is -3.26. The molecule has 0 saturated heterocycles. The molecule has 0 aliphatic carbocycles. The van der Waals surface area contributed by atoms with Gasteiger partial charge >= 0.3 is 0 Å². The fourth-order valence-electron chi connectivity index (χ4n) is 1.61. The van der Waals surface area contributed by atoms with E-state index < -0.39 is 15.1 Å². The average molecular weight is 350 g/mol. The van der Waals surface area contributed by atoms with Crippen LogP contribution >= 0.6 is 15.9 Å². The van der Waals surface area contributed by atoms with Gasteiger partial charge in [0, 0.05) is 24.7 Å². The number of methoxy groups -OCH3 is 1. The molecule has 1 unspecified atom stereocenters. The van der Waals surface area contributed by atoms with E-state index in [-0.39, 0.29) is 0 Å². The highest BCUT2D eigenvalue weighted by molar-refractivity contribution is 9.10. The van der Waals surface area contributed by atoms with Crippen LogP contribution in [-0.4, -0.2) is 40.5 Å². The van der Waals surface area contributed by atoms with Crippen LogP contribution in [0.5, 0.6) is 0 Å². The lowest BCUT2D eigenvalue weighted by molar-refractivity contribution is 0.194. The Hall–Kier alpha value is -0.430. The minimum Gasteiger partial charge on any atom is -0.385 e. The molecule has 1 aromatic rings. The first-order valence-electron chi connectivity index (χ1n) is 6.17. The zero-order chi connectivity index (χ0) is 14.3. The highest BCUT2D eigenvalue weighted by atomic mass is 79.9.